The van der Waals surface area contributed by atoms with Crippen molar-refractivity contribution in [1.82, 2.24) is 14.9 Å². The van der Waals surface area contributed by atoms with Crippen molar-refractivity contribution < 1.29 is 9.53 Å². The van der Waals surface area contributed by atoms with Gasteiger partial charge in [-0.25, -0.2) is 9.97 Å². The third kappa shape index (κ3) is 4.07. The molecule has 2 heterocycles. The van der Waals surface area contributed by atoms with Crippen molar-refractivity contribution in [3.63, 3.8) is 0 Å². The number of hydrogen-bond acceptors (Lipinski definition) is 5. The Labute approximate surface area is 192 Å². The Bertz CT molecular complexity index is 966. The highest BCUT2D eigenvalue weighted by molar-refractivity contribution is 5.89. The first-order valence-electron chi connectivity index (χ1n) is 11.7. The first-order valence-corrected chi connectivity index (χ1v) is 11.7. The number of anilines is 1. The molecule has 1 aliphatic carbocycles. The highest BCUT2D eigenvalue weighted by Crippen LogP contribution is 2.44. The molecule has 4 rings (SSSR count). The molecule has 1 atom stereocenters. The summed E-state index contributed by atoms with van der Waals surface area (Å²) >= 11 is 0. The van der Waals surface area contributed by atoms with E-state index >= 15 is 0 Å². The molecule has 2 aliphatic rings. The number of aromatic nitrogens is 2. The van der Waals surface area contributed by atoms with Crippen LogP contribution in [0.4, 0.5) is 5.82 Å². The number of rotatable bonds is 5. The molecule has 1 amide bonds. The number of hydrogen-bond donors (Lipinski definition) is 0. The first kappa shape index (κ1) is 22.6. The van der Waals surface area contributed by atoms with Crippen molar-refractivity contribution in [2.45, 2.75) is 63.2 Å². The lowest BCUT2D eigenvalue weighted by Gasteiger charge is -2.44. The SMILES string of the molecule is COc1ccc(C2(C(=O)N3CCC[C@](C)(c4cc(N(C)C)nc(C)n4)C3)CCCC2)cc1. The van der Waals surface area contributed by atoms with Gasteiger partial charge in [-0.05, 0) is 50.3 Å². The summed E-state index contributed by atoms with van der Waals surface area (Å²) in [6, 6.07) is 10.2. The van der Waals surface area contributed by atoms with Crippen LogP contribution in [0.15, 0.2) is 30.3 Å². The van der Waals surface area contributed by atoms with Crippen molar-refractivity contribution >= 4 is 11.7 Å². The van der Waals surface area contributed by atoms with Crippen molar-refractivity contribution in [2.75, 3.05) is 39.2 Å². The Kier molecular flexibility index (Phi) is 6.15. The largest absolute Gasteiger partial charge is 0.497 e. The van der Waals surface area contributed by atoms with Crippen molar-refractivity contribution in [3.05, 3.63) is 47.4 Å². The van der Waals surface area contributed by atoms with Crippen LogP contribution >= 0.6 is 0 Å². The summed E-state index contributed by atoms with van der Waals surface area (Å²) in [4.78, 5) is 27.6. The van der Waals surface area contributed by atoms with Gasteiger partial charge in [0.1, 0.15) is 17.4 Å². The summed E-state index contributed by atoms with van der Waals surface area (Å²) in [7, 11) is 5.68. The summed E-state index contributed by atoms with van der Waals surface area (Å²) in [5.41, 5.74) is 1.57. The van der Waals surface area contributed by atoms with E-state index in [0.717, 1.165) is 73.7 Å². The third-order valence-corrected chi connectivity index (χ3v) is 7.39. The lowest BCUT2D eigenvalue weighted by Crippen LogP contribution is -2.53. The fourth-order valence-corrected chi connectivity index (χ4v) is 5.53. The predicted octanol–water partition coefficient (Wildman–Crippen LogP) is 4.25. The topological polar surface area (TPSA) is 58.6 Å². The van der Waals surface area contributed by atoms with E-state index in [1.807, 2.05) is 38.1 Å². The summed E-state index contributed by atoms with van der Waals surface area (Å²) in [6.45, 7) is 5.72. The maximum atomic E-state index is 14.1. The number of carbonyl (C=O) groups is 1. The van der Waals surface area contributed by atoms with Crippen molar-refractivity contribution in [1.29, 1.82) is 0 Å². The number of methoxy groups -OCH3 is 1. The molecular formula is C26H36N4O2. The van der Waals surface area contributed by atoms with Gasteiger partial charge in [0.25, 0.3) is 0 Å². The Balaban J connectivity index is 1.64. The molecule has 6 nitrogen and oxygen atoms in total. The molecule has 172 valence electrons. The summed E-state index contributed by atoms with van der Waals surface area (Å²) < 4.78 is 5.34. The summed E-state index contributed by atoms with van der Waals surface area (Å²) in [5.74, 6) is 2.81. The van der Waals surface area contributed by atoms with Crippen LogP contribution in [0.25, 0.3) is 0 Å². The minimum Gasteiger partial charge on any atom is -0.497 e. The van der Waals surface area contributed by atoms with Crippen LogP contribution in [0.3, 0.4) is 0 Å². The van der Waals surface area contributed by atoms with Gasteiger partial charge in [0.05, 0.1) is 18.2 Å². The number of aryl methyl sites for hydroxylation is 1. The van der Waals surface area contributed by atoms with Crippen LogP contribution in [0.5, 0.6) is 5.75 Å². The highest BCUT2D eigenvalue weighted by Gasteiger charge is 2.47. The quantitative estimate of drug-likeness (QED) is 0.701. The molecule has 1 aliphatic heterocycles. The third-order valence-electron chi connectivity index (χ3n) is 7.39. The molecule has 0 spiro atoms. The molecule has 0 bridgehead atoms. The van der Waals surface area contributed by atoms with Gasteiger partial charge in [0, 0.05) is 38.7 Å². The number of ether oxygens (including phenoxy) is 1. The Hall–Kier alpha value is -2.63. The molecular weight excluding hydrogens is 400 g/mol. The number of benzene rings is 1. The monoisotopic (exact) mass is 436 g/mol. The molecule has 1 aromatic heterocycles. The van der Waals surface area contributed by atoms with Crippen LogP contribution in [0.1, 0.15) is 62.5 Å². The number of piperidine rings is 1. The number of nitrogens with zero attached hydrogens (tertiary/aromatic N) is 4. The minimum atomic E-state index is -0.416. The molecule has 0 N–H and O–H groups in total. The van der Waals surface area contributed by atoms with Crippen LogP contribution in [0, 0.1) is 6.92 Å². The molecule has 1 aromatic carbocycles. The van der Waals surface area contributed by atoms with Gasteiger partial charge < -0.3 is 14.5 Å². The Morgan fingerprint density at radius 1 is 1.06 bits per heavy atom. The molecule has 32 heavy (non-hydrogen) atoms. The highest BCUT2D eigenvalue weighted by atomic mass is 16.5. The fourth-order valence-electron chi connectivity index (χ4n) is 5.53. The van der Waals surface area contributed by atoms with E-state index in [2.05, 4.69) is 35.0 Å². The molecule has 2 aromatic rings. The van der Waals surface area contributed by atoms with Gasteiger partial charge in [-0.2, -0.15) is 0 Å². The van der Waals surface area contributed by atoms with Crippen LogP contribution in [-0.2, 0) is 15.6 Å². The Morgan fingerprint density at radius 3 is 2.38 bits per heavy atom. The zero-order valence-electron chi connectivity index (χ0n) is 20.1. The number of amides is 1. The minimum absolute atomic E-state index is 0.175. The van der Waals surface area contributed by atoms with E-state index in [4.69, 9.17) is 9.72 Å². The van der Waals surface area contributed by atoms with E-state index in [1.54, 1.807) is 7.11 Å². The maximum absolute atomic E-state index is 14.1. The van der Waals surface area contributed by atoms with Gasteiger partial charge in [-0.1, -0.05) is 31.9 Å². The van der Waals surface area contributed by atoms with Crippen LogP contribution in [-0.4, -0.2) is 55.1 Å². The van der Waals surface area contributed by atoms with E-state index in [1.165, 1.54) is 0 Å². The second-order valence-electron chi connectivity index (χ2n) is 9.96. The zero-order valence-corrected chi connectivity index (χ0v) is 20.1. The lowest BCUT2D eigenvalue weighted by molar-refractivity contribution is -0.139. The van der Waals surface area contributed by atoms with E-state index < -0.39 is 5.41 Å². The molecule has 0 radical (unpaired) electrons. The fraction of sp³-hybridized carbons (Fsp3) is 0.577. The number of carbonyl (C=O) groups excluding carboxylic acids is 1. The lowest BCUT2D eigenvalue weighted by atomic mass is 9.74. The van der Waals surface area contributed by atoms with Crippen LogP contribution in [0.2, 0.25) is 0 Å². The molecule has 6 heteroatoms. The maximum Gasteiger partial charge on any atom is 0.233 e. The standard InChI is InChI=1S/C26H36N4O2/c1-19-27-22(17-23(28-19)29(3)4)25(2)13-8-16-30(18-25)24(31)26(14-6-7-15-26)20-9-11-21(32-5)12-10-20/h9-12,17H,6-8,13-16,18H2,1-5H3/t25-/m0/s1. The summed E-state index contributed by atoms with van der Waals surface area (Å²) in [6.07, 6.45) is 6.04. The molecule has 1 saturated heterocycles. The van der Waals surface area contributed by atoms with Gasteiger partial charge in [-0.3, -0.25) is 4.79 Å². The zero-order chi connectivity index (χ0) is 22.9. The van der Waals surface area contributed by atoms with Gasteiger partial charge in [-0.15, -0.1) is 0 Å². The molecule has 2 fully saturated rings. The van der Waals surface area contributed by atoms with Gasteiger partial charge in [0.15, 0.2) is 0 Å². The van der Waals surface area contributed by atoms with Gasteiger partial charge >= 0.3 is 0 Å². The summed E-state index contributed by atoms with van der Waals surface area (Å²) in [5, 5.41) is 0. The second-order valence-corrected chi connectivity index (χ2v) is 9.96. The van der Waals surface area contributed by atoms with E-state index in [9.17, 15) is 4.79 Å². The average molecular weight is 437 g/mol. The second kappa shape index (κ2) is 8.72. The smallest absolute Gasteiger partial charge is 0.233 e. The first-order chi connectivity index (χ1) is 15.3. The van der Waals surface area contributed by atoms with Crippen molar-refractivity contribution in [3.8, 4) is 5.75 Å². The Morgan fingerprint density at radius 2 is 1.75 bits per heavy atom. The normalized spacial score (nSPS) is 22.6. The molecule has 1 saturated carbocycles. The van der Waals surface area contributed by atoms with Crippen LogP contribution < -0.4 is 9.64 Å². The van der Waals surface area contributed by atoms with Gasteiger partial charge in [0.2, 0.25) is 5.91 Å². The molecule has 0 unspecified atom stereocenters. The van der Waals surface area contributed by atoms with Crippen molar-refractivity contribution in [2.24, 2.45) is 0 Å². The number of likely N-dealkylation sites (tertiary alicyclic amines) is 1. The van der Waals surface area contributed by atoms with E-state index in [-0.39, 0.29) is 11.3 Å². The van der Waals surface area contributed by atoms with E-state index in [0.29, 0.717) is 6.54 Å². The predicted molar refractivity (Wildman–Crippen MR) is 127 cm³/mol. The average Bonchev–Trinajstić information content (AvgIpc) is 3.29.